The van der Waals surface area contributed by atoms with Crippen molar-refractivity contribution in [2.45, 2.75) is 32.2 Å². The van der Waals surface area contributed by atoms with Gasteiger partial charge in [0.25, 0.3) is 0 Å². The fourth-order valence-corrected chi connectivity index (χ4v) is 5.33. The van der Waals surface area contributed by atoms with Gasteiger partial charge in [0.15, 0.2) is 0 Å². The number of thiazole rings is 1. The molecule has 1 aliphatic heterocycles. The van der Waals surface area contributed by atoms with Gasteiger partial charge >= 0.3 is 0 Å². The Morgan fingerprint density at radius 3 is 2.63 bits per heavy atom. The molecule has 3 N–H and O–H groups in total. The highest BCUT2D eigenvalue weighted by Crippen LogP contribution is 2.34. The van der Waals surface area contributed by atoms with Gasteiger partial charge in [-0.15, -0.1) is 11.3 Å². The lowest BCUT2D eigenvalue weighted by molar-refractivity contribution is -0.913. The van der Waals surface area contributed by atoms with Crippen LogP contribution in [0.5, 0.6) is 5.75 Å². The van der Waals surface area contributed by atoms with Crippen LogP contribution in [-0.2, 0) is 6.54 Å². The van der Waals surface area contributed by atoms with Crippen molar-refractivity contribution in [3.05, 3.63) is 52.2 Å². The average molecular weight is 422 g/mol. The number of aromatic nitrogens is 1. The average Bonchev–Trinajstić information content (AvgIpc) is 2.98. The first-order chi connectivity index (χ1) is 14.6. The molecule has 1 saturated heterocycles. The minimum absolute atomic E-state index is 0.0178. The maximum Gasteiger partial charge on any atom is 0.205 e. The molecule has 154 valence electrons. The molecule has 3 heterocycles. The number of nitrogen functional groups attached to an aromatic ring is 1. The summed E-state index contributed by atoms with van der Waals surface area (Å²) in [5, 5.41) is 13.6. The lowest BCUT2D eigenvalue weighted by atomic mass is 10.1. The van der Waals surface area contributed by atoms with Crippen LogP contribution in [0.1, 0.15) is 31.2 Å². The number of fused-ring (bicyclic) bond motifs is 2. The zero-order valence-electron chi connectivity index (χ0n) is 16.6. The Labute approximate surface area is 177 Å². The second-order valence-electron chi connectivity index (χ2n) is 7.92. The Morgan fingerprint density at radius 1 is 1.10 bits per heavy atom. The van der Waals surface area contributed by atoms with E-state index in [2.05, 4.69) is 4.98 Å². The Balaban J connectivity index is 1.64. The lowest BCUT2D eigenvalue weighted by Gasteiger charge is -2.21. The molecule has 1 aliphatic rings. The van der Waals surface area contributed by atoms with Crippen LogP contribution in [0.3, 0.4) is 0 Å². The van der Waals surface area contributed by atoms with Gasteiger partial charge in [-0.2, -0.15) is 0 Å². The number of nitrogens with zero attached hydrogens (tertiary/aromatic N) is 1. The fraction of sp³-hybridized carbons (Fsp3) is 0.304. The van der Waals surface area contributed by atoms with Crippen molar-refractivity contribution in [3.63, 3.8) is 0 Å². The van der Waals surface area contributed by atoms with Gasteiger partial charge in [-0.1, -0.05) is 23.9 Å². The van der Waals surface area contributed by atoms with Crippen molar-refractivity contribution in [3.8, 4) is 16.3 Å². The SMILES string of the molecule is Nc1oc2c(C[NH+]3CCCCCC3)c([O-])ccc2c(=O)c1-c1nc2ccccc2s1. The van der Waals surface area contributed by atoms with Crippen molar-refractivity contribution in [1.82, 2.24) is 4.98 Å². The molecule has 0 saturated carbocycles. The number of anilines is 1. The lowest BCUT2D eigenvalue weighted by Crippen LogP contribution is -3.10. The second kappa shape index (κ2) is 7.74. The molecule has 6 nitrogen and oxygen atoms in total. The highest BCUT2D eigenvalue weighted by atomic mass is 32.1. The monoisotopic (exact) mass is 421 g/mol. The van der Waals surface area contributed by atoms with E-state index in [1.54, 1.807) is 6.07 Å². The van der Waals surface area contributed by atoms with Gasteiger partial charge in [0.2, 0.25) is 11.3 Å². The maximum absolute atomic E-state index is 13.4. The van der Waals surface area contributed by atoms with Crippen molar-refractivity contribution in [2.24, 2.45) is 0 Å². The quantitative estimate of drug-likeness (QED) is 0.530. The third-order valence-electron chi connectivity index (χ3n) is 5.89. The third-order valence-corrected chi connectivity index (χ3v) is 6.95. The zero-order chi connectivity index (χ0) is 20.7. The Kier molecular flexibility index (Phi) is 4.92. The number of benzene rings is 2. The van der Waals surface area contributed by atoms with E-state index in [0.717, 1.165) is 36.1 Å². The van der Waals surface area contributed by atoms with Gasteiger partial charge in [0.1, 0.15) is 22.7 Å². The number of quaternary nitrogens is 1. The normalized spacial score (nSPS) is 15.6. The molecular formula is C23H23N3O3S. The molecule has 2 aromatic carbocycles. The van der Waals surface area contributed by atoms with E-state index < -0.39 is 0 Å². The van der Waals surface area contributed by atoms with Crippen LogP contribution in [0.2, 0.25) is 0 Å². The van der Waals surface area contributed by atoms with E-state index >= 15 is 0 Å². The van der Waals surface area contributed by atoms with Crippen LogP contribution < -0.4 is 21.2 Å². The van der Waals surface area contributed by atoms with Crippen LogP contribution >= 0.6 is 11.3 Å². The Bertz CT molecular complexity index is 1250. The van der Waals surface area contributed by atoms with Crippen LogP contribution in [-0.4, -0.2) is 18.1 Å². The van der Waals surface area contributed by atoms with Crippen molar-refractivity contribution >= 4 is 38.4 Å². The summed E-state index contributed by atoms with van der Waals surface area (Å²) in [7, 11) is 0. The molecule has 1 fully saturated rings. The van der Waals surface area contributed by atoms with Gasteiger partial charge < -0.3 is 20.2 Å². The van der Waals surface area contributed by atoms with Gasteiger partial charge in [-0.3, -0.25) is 4.79 Å². The third kappa shape index (κ3) is 3.34. The van der Waals surface area contributed by atoms with Gasteiger partial charge in [0.05, 0.1) is 28.7 Å². The van der Waals surface area contributed by atoms with Crippen molar-refractivity contribution < 1.29 is 14.4 Å². The number of likely N-dealkylation sites (tertiary alicyclic amines) is 1. The van der Waals surface area contributed by atoms with Gasteiger partial charge in [0, 0.05) is 5.56 Å². The van der Waals surface area contributed by atoms with Crippen LogP contribution in [0, 0.1) is 0 Å². The molecule has 4 aromatic rings. The summed E-state index contributed by atoms with van der Waals surface area (Å²) in [6, 6.07) is 10.7. The van der Waals surface area contributed by atoms with E-state index in [4.69, 9.17) is 10.2 Å². The van der Waals surface area contributed by atoms with Gasteiger partial charge in [-0.05, 0) is 43.9 Å². The van der Waals surface area contributed by atoms with Crippen LogP contribution in [0.4, 0.5) is 5.88 Å². The fourth-order valence-electron chi connectivity index (χ4n) is 4.32. The molecular weight excluding hydrogens is 398 g/mol. The topological polar surface area (TPSA) is 96.6 Å². The number of hydrogen-bond acceptors (Lipinski definition) is 6. The molecule has 2 aromatic heterocycles. The molecule has 0 atom stereocenters. The standard InChI is InChI=1S/C23H23N3O3S/c24-22-19(23-25-16-7-3-4-8-18(16)30-23)20(28)14-9-10-17(27)15(21(14)29-22)13-26-11-5-1-2-6-12-26/h3-4,7-10,27H,1-2,5-6,11-13,24H2. The Hall–Kier alpha value is -2.90. The van der Waals surface area contributed by atoms with Crippen LogP contribution in [0.25, 0.3) is 31.8 Å². The predicted molar refractivity (Wildman–Crippen MR) is 118 cm³/mol. The molecule has 30 heavy (non-hydrogen) atoms. The number of rotatable bonds is 3. The van der Waals surface area contributed by atoms with E-state index in [1.807, 2.05) is 24.3 Å². The van der Waals surface area contributed by atoms with E-state index in [9.17, 15) is 9.90 Å². The smallest absolute Gasteiger partial charge is 0.205 e. The first kappa shape index (κ1) is 19.1. The predicted octanol–water partition coefficient (Wildman–Crippen LogP) is 2.68. The minimum Gasteiger partial charge on any atom is -0.872 e. The summed E-state index contributed by atoms with van der Waals surface area (Å²) in [6.07, 6.45) is 4.78. The van der Waals surface area contributed by atoms with E-state index in [1.165, 1.54) is 35.1 Å². The number of nitrogens with two attached hydrogens (primary N) is 1. The molecule has 0 spiro atoms. The molecule has 5 rings (SSSR count). The first-order valence-electron chi connectivity index (χ1n) is 10.4. The first-order valence-corrected chi connectivity index (χ1v) is 11.2. The summed E-state index contributed by atoms with van der Waals surface area (Å²) in [5.74, 6) is -0.0844. The van der Waals surface area contributed by atoms with E-state index in [-0.39, 0.29) is 22.6 Å². The largest absolute Gasteiger partial charge is 0.872 e. The Morgan fingerprint density at radius 2 is 1.87 bits per heavy atom. The molecule has 7 heteroatoms. The second-order valence-corrected chi connectivity index (χ2v) is 8.95. The molecule has 0 unspecified atom stereocenters. The zero-order valence-corrected chi connectivity index (χ0v) is 17.4. The number of nitrogens with one attached hydrogen (secondary N) is 1. The maximum atomic E-state index is 13.4. The van der Waals surface area contributed by atoms with E-state index in [0.29, 0.717) is 28.1 Å². The summed E-state index contributed by atoms with van der Waals surface area (Å²) in [5.41, 5.74) is 7.93. The minimum atomic E-state index is -0.236. The molecule has 0 amide bonds. The number of hydrogen-bond donors (Lipinski definition) is 2. The molecule has 0 aliphatic carbocycles. The van der Waals surface area contributed by atoms with Crippen molar-refractivity contribution in [2.75, 3.05) is 18.8 Å². The number of para-hydroxylation sites is 1. The van der Waals surface area contributed by atoms with Gasteiger partial charge in [-0.25, -0.2) is 4.98 Å². The van der Waals surface area contributed by atoms with Crippen molar-refractivity contribution in [1.29, 1.82) is 0 Å². The summed E-state index contributed by atoms with van der Waals surface area (Å²) in [6.45, 7) is 2.61. The van der Waals surface area contributed by atoms with Crippen LogP contribution in [0.15, 0.2) is 45.6 Å². The molecule has 0 bridgehead atoms. The summed E-state index contributed by atoms with van der Waals surface area (Å²) >= 11 is 1.41. The molecule has 0 radical (unpaired) electrons. The highest BCUT2D eigenvalue weighted by molar-refractivity contribution is 7.21. The summed E-state index contributed by atoms with van der Waals surface area (Å²) in [4.78, 5) is 19.3. The highest BCUT2D eigenvalue weighted by Gasteiger charge is 2.22. The summed E-state index contributed by atoms with van der Waals surface area (Å²) < 4.78 is 6.92.